The summed E-state index contributed by atoms with van der Waals surface area (Å²) in [5.74, 6) is 1.78. The summed E-state index contributed by atoms with van der Waals surface area (Å²) in [5, 5.41) is 25.3. The Morgan fingerprint density at radius 3 is 2.48 bits per heavy atom. The van der Waals surface area contributed by atoms with E-state index in [1.165, 1.54) is 0 Å². The van der Waals surface area contributed by atoms with Gasteiger partial charge >= 0.3 is 0 Å². The lowest BCUT2D eigenvalue weighted by Gasteiger charge is -2.17. The maximum Gasteiger partial charge on any atom is 0.205 e. The number of hydrogen-bond donors (Lipinski definition) is 1. The number of methoxy groups -OCH3 is 1. The van der Waals surface area contributed by atoms with Gasteiger partial charge < -0.3 is 14.7 Å². The molecule has 1 aliphatic rings. The average molecular weight is 439 g/mol. The summed E-state index contributed by atoms with van der Waals surface area (Å²) in [5.41, 5.74) is 2.80. The van der Waals surface area contributed by atoms with Gasteiger partial charge in [0, 0.05) is 19.5 Å². The Hall–Kier alpha value is -3.04. The predicted molar refractivity (Wildman–Crippen MR) is 125 cm³/mol. The average Bonchev–Trinajstić information content (AvgIpc) is 3.43. The molecule has 1 aromatic carbocycles. The van der Waals surface area contributed by atoms with E-state index in [9.17, 15) is 5.11 Å². The summed E-state index contributed by atoms with van der Waals surface area (Å²) in [6.45, 7) is 6.24. The Labute approximate surface area is 185 Å². The number of benzene rings is 1. The van der Waals surface area contributed by atoms with Crippen molar-refractivity contribution in [3.05, 3.63) is 41.7 Å². The first-order valence-corrected chi connectivity index (χ1v) is 10.7. The van der Waals surface area contributed by atoms with Crippen LogP contribution in [0.3, 0.4) is 0 Å². The number of hydrogen-bond acceptors (Lipinski definition) is 8. The second kappa shape index (κ2) is 7.90. The SMILES string of the molecule is COc1ccc(CO)cc1-c1nnc2n1N=C(C(C)(C)C)/C2=N/c1ccc(N(C)C)s1. The minimum atomic E-state index is -0.241. The molecule has 3 heterocycles. The van der Waals surface area contributed by atoms with Crippen LogP contribution in [-0.2, 0) is 6.61 Å². The van der Waals surface area contributed by atoms with Crippen molar-refractivity contribution in [2.75, 3.05) is 26.1 Å². The van der Waals surface area contributed by atoms with E-state index in [2.05, 4.69) is 35.9 Å². The monoisotopic (exact) mass is 438 g/mol. The van der Waals surface area contributed by atoms with Crippen molar-refractivity contribution in [1.29, 1.82) is 0 Å². The molecule has 0 bridgehead atoms. The summed E-state index contributed by atoms with van der Waals surface area (Å²) in [6, 6.07) is 9.53. The molecule has 1 aliphatic heterocycles. The Morgan fingerprint density at radius 1 is 1.13 bits per heavy atom. The number of fused-ring (bicyclic) bond motifs is 1. The van der Waals surface area contributed by atoms with Gasteiger partial charge in [-0.25, -0.2) is 4.99 Å². The zero-order valence-corrected chi connectivity index (χ0v) is 19.4. The number of anilines is 1. The van der Waals surface area contributed by atoms with Gasteiger partial charge in [-0.3, -0.25) is 0 Å². The van der Waals surface area contributed by atoms with E-state index >= 15 is 0 Å². The number of ether oxygens (including phenoxy) is 1. The number of nitrogens with zero attached hydrogens (tertiary/aromatic N) is 6. The van der Waals surface area contributed by atoms with Crippen molar-refractivity contribution in [2.24, 2.45) is 15.5 Å². The minimum Gasteiger partial charge on any atom is -0.496 e. The minimum absolute atomic E-state index is 0.0756. The topological polar surface area (TPSA) is 88.1 Å². The largest absolute Gasteiger partial charge is 0.496 e. The zero-order valence-electron chi connectivity index (χ0n) is 18.5. The summed E-state index contributed by atoms with van der Waals surface area (Å²) in [7, 11) is 5.63. The number of aromatic nitrogens is 3. The van der Waals surface area contributed by atoms with E-state index in [-0.39, 0.29) is 12.0 Å². The van der Waals surface area contributed by atoms with Gasteiger partial charge in [0.2, 0.25) is 5.82 Å². The van der Waals surface area contributed by atoms with Crippen LogP contribution in [0.25, 0.3) is 11.4 Å². The van der Waals surface area contributed by atoms with Crippen LogP contribution in [0.4, 0.5) is 10.0 Å². The number of aliphatic imine (C=N–C) groups is 1. The maximum atomic E-state index is 9.58. The van der Waals surface area contributed by atoms with Crippen LogP contribution in [0.5, 0.6) is 5.75 Å². The van der Waals surface area contributed by atoms with Gasteiger partial charge in [0.05, 0.1) is 30.0 Å². The lowest BCUT2D eigenvalue weighted by molar-refractivity contribution is 0.281. The highest BCUT2D eigenvalue weighted by molar-refractivity contribution is 7.19. The normalized spacial score (nSPS) is 14.7. The van der Waals surface area contributed by atoms with Gasteiger partial charge in [0.25, 0.3) is 0 Å². The van der Waals surface area contributed by atoms with Crippen molar-refractivity contribution >= 4 is 32.8 Å². The van der Waals surface area contributed by atoms with Crippen LogP contribution in [-0.4, -0.2) is 52.6 Å². The van der Waals surface area contributed by atoms with Gasteiger partial charge in [-0.1, -0.05) is 38.2 Å². The Bertz CT molecular complexity index is 1180. The standard InChI is InChI=1S/C22H26N6O2S/c1-22(2,3)19-18(23-16-9-10-17(31-16)27(4)5)21-25-24-20(28(21)26-19)14-11-13(12-29)7-8-15(14)30-6/h7-11,29H,12H2,1-6H3/b23-18-. The first-order chi connectivity index (χ1) is 14.7. The molecule has 3 aromatic rings. The first kappa shape index (κ1) is 21.2. The van der Waals surface area contributed by atoms with Crippen LogP contribution in [0.15, 0.2) is 40.4 Å². The molecular formula is C22H26N6O2S. The predicted octanol–water partition coefficient (Wildman–Crippen LogP) is 3.96. The van der Waals surface area contributed by atoms with E-state index in [1.54, 1.807) is 23.1 Å². The number of thiophene rings is 1. The van der Waals surface area contributed by atoms with Gasteiger partial charge in [-0.05, 0) is 29.8 Å². The van der Waals surface area contributed by atoms with Crippen molar-refractivity contribution in [3.8, 4) is 17.1 Å². The van der Waals surface area contributed by atoms with Crippen LogP contribution in [0.2, 0.25) is 0 Å². The van der Waals surface area contributed by atoms with E-state index in [4.69, 9.17) is 14.8 Å². The lowest BCUT2D eigenvalue weighted by atomic mass is 9.87. The molecule has 0 radical (unpaired) electrons. The molecule has 0 aliphatic carbocycles. The fraction of sp³-hybridized carbons (Fsp3) is 0.364. The van der Waals surface area contributed by atoms with Gasteiger partial charge in [-0.2, -0.15) is 9.78 Å². The van der Waals surface area contributed by atoms with E-state index in [0.717, 1.165) is 32.6 Å². The molecule has 0 saturated heterocycles. The van der Waals surface area contributed by atoms with E-state index in [0.29, 0.717) is 17.4 Å². The Kier molecular flexibility index (Phi) is 5.40. The van der Waals surface area contributed by atoms with Gasteiger partial charge in [0.1, 0.15) is 16.5 Å². The van der Waals surface area contributed by atoms with Crippen LogP contribution >= 0.6 is 11.3 Å². The Balaban J connectivity index is 1.87. The molecule has 0 unspecified atom stereocenters. The van der Waals surface area contributed by atoms with E-state index in [1.807, 2.05) is 44.4 Å². The number of aliphatic hydroxyl groups excluding tert-OH is 1. The van der Waals surface area contributed by atoms with Gasteiger partial charge in [-0.15, -0.1) is 10.2 Å². The third-order valence-corrected chi connectivity index (χ3v) is 6.06. The van der Waals surface area contributed by atoms with Crippen molar-refractivity contribution in [3.63, 3.8) is 0 Å². The number of aliphatic hydroxyl groups is 1. The third kappa shape index (κ3) is 3.86. The molecule has 162 valence electrons. The second-order valence-corrected chi connectivity index (χ2v) is 9.56. The zero-order chi connectivity index (χ0) is 22.3. The fourth-order valence-corrected chi connectivity index (χ4v) is 4.11. The first-order valence-electron chi connectivity index (χ1n) is 9.92. The highest BCUT2D eigenvalue weighted by atomic mass is 32.1. The molecule has 8 nitrogen and oxygen atoms in total. The Morgan fingerprint density at radius 2 is 1.87 bits per heavy atom. The molecule has 0 atom stereocenters. The van der Waals surface area contributed by atoms with Crippen LogP contribution in [0, 0.1) is 5.41 Å². The quantitative estimate of drug-likeness (QED) is 0.651. The highest BCUT2D eigenvalue weighted by Gasteiger charge is 2.36. The van der Waals surface area contributed by atoms with Crippen molar-refractivity contribution in [1.82, 2.24) is 14.9 Å². The highest BCUT2D eigenvalue weighted by Crippen LogP contribution is 2.36. The molecule has 1 N–H and O–H groups in total. The fourth-order valence-electron chi connectivity index (χ4n) is 3.31. The molecule has 0 amide bonds. The lowest BCUT2D eigenvalue weighted by Crippen LogP contribution is -2.27. The van der Waals surface area contributed by atoms with Gasteiger partial charge in [0.15, 0.2) is 5.82 Å². The molecule has 2 aromatic heterocycles. The summed E-state index contributed by atoms with van der Waals surface area (Å²) in [4.78, 5) is 6.98. The maximum absolute atomic E-state index is 9.58. The van der Waals surface area contributed by atoms with Crippen molar-refractivity contribution < 1.29 is 9.84 Å². The summed E-state index contributed by atoms with van der Waals surface area (Å²) in [6.07, 6.45) is 0. The molecule has 4 rings (SSSR count). The number of rotatable bonds is 5. The van der Waals surface area contributed by atoms with E-state index < -0.39 is 0 Å². The molecular weight excluding hydrogens is 412 g/mol. The molecule has 0 fully saturated rings. The smallest absolute Gasteiger partial charge is 0.205 e. The van der Waals surface area contributed by atoms with Crippen molar-refractivity contribution in [2.45, 2.75) is 27.4 Å². The summed E-state index contributed by atoms with van der Waals surface area (Å²) >= 11 is 1.61. The summed E-state index contributed by atoms with van der Waals surface area (Å²) < 4.78 is 7.25. The molecule has 0 saturated carbocycles. The molecule has 0 spiro atoms. The second-order valence-electron chi connectivity index (χ2n) is 8.52. The molecule has 9 heteroatoms. The third-order valence-electron chi connectivity index (χ3n) is 4.91. The van der Waals surface area contributed by atoms with Crippen LogP contribution in [0.1, 0.15) is 32.2 Å². The molecule has 31 heavy (non-hydrogen) atoms. The van der Waals surface area contributed by atoms with Crippen LogP contribution < -0.4 is 9.64 Å².